The summed E-state index contributed by atoms with van der Waals surface area (Å²) in [5.41, 5.74) is 3.18. The minimum atomic E-state index is -0.217. The van der Waals surface area contributed by atoms with E-state index in [2.05, 4.69) is 6.07 Å². The fraction of sp³-hybridized carbons (Fsp3) is 0.538. The molecule has 0 aliphatic carbocycles. The molecule has 0 heterocycles. The number of aliphatic hydroxyl groups excluding tert-OH is 1. The van der Waals surface area contributed by atoms with Crippen LogP contribution in [0.1, 0.15) is 30.5 Å². The quantitative estimate of drug-likeness (QED) is 0.827. The molecule has 0 radical (unpaired) electrons. The summed E-state index contributed by atoms with van der Waals surface area (Å²) < 4.78 is 5.37. The third kappa shape index (κ3) is 2.15. The Hall–Kier alpha value is -1.02. The predicted molar refractivity (Wildman–Crippen MR) is 62.6 cm³/mol. The molecular weight excluding hydrogens is 188 g/mol. The Morgan fingerprint density at radius 1 is 1.27 bits per heavy atom. The first-order valence-electron chi connectivity index (χ1n) is 5.19. The first-order valence-corrected chi connectivity index (χ1v) is 5.19. The third-order valence-electron chi connectivity index (χ3n) is 2.93. The summed E-state index contributed by atoms with van der Waals surface area (Å²) in [5, 5.41) is 9.36. The molecule has 0 aliphatic heterocycles. The van der Waals surface area contributed by atoms with E-state index in [0.717, 1.165) is 22.4 Å². The Bertz CT molecular complexity index is 354. The topological polar surface area (TPSA) is 29.5 Å². The van der Waals surface area contributed by atoms with Crippen molar-refractivity contribution < 1.29 is 9.84 Å². The van der Waals surface area contributed by atoms with E-state index in [0.29, 0.717) is 0 Å². The molecule has 0 atom stereocenters. The molecule has 2 heteroatoms. The standard InChI is InChI=1S/C13H20O2/c1-9-6-7-11(13(3,4)8-14)10(2)12(9)15-5/h6-7,14H,8H2,1-5H3. The maximum absolute atomic E-state index is 9.36. The molecule has 0 aromatic heterocycles. The van der Waals surface area contributed by atoms with Crippen LogP contribution in [-0.4, -0.2) is 18.8 Å². The van der Waals surface area contributed by atoms with E-state index in [1.54, 1.807) is 7.11 Å². The second kappa shape index (κ2) is 4.23. The minimum Gasteiger partial charge on any atom is -0.496 e. The summed E-state index contributed by atoms with van der Waals surface area (Å²) in [7, 11) is 1.69. The van der Waals surface area contributed by atoms with E-state index >= 15 is 0 Å². The lowest BCUT2D eigenvalue weighted by Crippen LogP contribution is -2.23. The van der Waals surface area contributed by atoms with Crippen molar-refractivity contribution in [2.75, 3.05) is 13.7 Å². The number of benzene rings is 1. The van der Waals surface area contributed by atoms with Gasteiger partial charge in [0.15, 0.2) is 0 Å². The van der Waals surface area contributed by atoms with Gasteiger partial charge in [-0.05, 0) is 30.5 Å². The van der Waals surface area contributed by atoms with Crippen molar-refractivity contribution in [2.45, 2.75) is 33.1 Å². The molecule has 0 saturated carbocycles. The van der Waals surface area contributed by atoms with Gasteiger partial charge < -0.3 is 9.84 Å². The van der Waals surface area contributed by atoms with Crippen molar-refractivity contribution in [3.8, 4) is 5.75 Å². The molecule has 0 fully saturated rings. The lowest BCUT2D eigenvalue weighted by atomic mass is 9.82. The average molecular weight is 208 g/mol. The lowest BCUT2D eigenvalue weighted by Gasteiger charge is -2.26. The van der Waals surface area contributed by atoms with Gasteiger partial charge in [0.2, 0.25) is 0 Å². The number of hydrogen-bond donors (Lipinski definition) is 1. The van der Waals surface area contributed by atoms with Crippen LogP contribution in [0.25, 0.3) is 0 Å². The Morgan fingerprint density at radius 3 is 2.33 bits per heavy atom. The van der Waals surface area contributed by atoms with Gasteiger partial charge in [-0.1, -0.05) is 26.0 Å². The molecule has 1 rings (SSSR count). The van der Waals surface area contributed by atoms with Crippen molar-refractivity contribution in [2.24, 2.45) is 0 Å². The van der Waals surface area contributed by atoms with Gasteiger partial charge in [0.25, 0.3) is 0 Å². The minimum absolute atomic E-state index is 0.139. The highest BCUT2D eigenvalue weighted by atomic mass is 16.5. The Labute approximate surface area is 91.9 Å². The van der Waals surface area contributed by atoms with Crippen LogP contribution in [0.4, 0.5) is 0 Å². The largest absolute Gasteiger partial charge is 0.496 e. The van der Waals surface area contributed by atoms with Crippen LogP contribution in [0.2, 0.25) is 0 Å². The lowest BCUT2D eigenvalue weighted by molar-refractivity contribution is 0.217. The highest BCUT2D eigenvalue weighted by molar-refractivity contribution is 5.47. The first-order chi connectivity index (χ1) is 6.94. The van der Waals surface area contributed by atoms with E-state index < -0.39 is 0 Å². The number of methoxy groups -OCH3 is 1. The van der Waals surface area contributed by atoms with Gasteiger partial charge in [-0.3, -0.25) is 0 Å². The Morgan fingerprint density at radius 2 is 1.87 bits per heavy atom. The van der Waals surface area contributed by atoms with Crippen molar-refractivity contribution in [1.29, 1.82) is 0 Å². The zero-order chi connectivity index (χ0) is 11.6. The molecule has 1 N–H and O–H groups in total. The monoisotopic (exact) mass is 208 g/mol. The fourth-order valence-corrected chi connectivity index (χ4v) is 1.96. The molecule has 0 spiro atoms. The molecule has 2 nitrogen and oxygen atoms in total. The number of rotatable bonds is 3. The summed E-state index contributed by atoms with van der Waals surface area (Å²) >= 11 is 0. The molecule has 15 heavy (non-hydrogen) atoms. The number of hydrogen-bond acceptors (Lipinski definition) is 2. The second-order valence-electron chi connectivity index (χ2n) is 4.63. The van der Waals surface area contributed by atoms with Gasteiger partial charge in [0, 0.05) is 5.41 Å². The average Bonchev–Trinajstić information content (AvgIpc) is 2.18. The fourth-order valence-electron chi connectivity index (χ4n) is 1.96. The van der Waals surface area contributed by atoms with Gasteiger partial charge >= 0.3 is 0 Å². The summed E-state index contributed by atoms with van der Waals surface area (Å²) in [5.74, 6) is 0.925. The highest BCUT2D eigenvalue weighted by Gasteiger charge is 2.23. The predicted octanol–water partition coefficient (Wildman–Crippen LogP) is 2.58. The molecule has 0 aliphatic rings. The van der Waals surface area contributed by atoms with E-state index in [4.69, 9.17) is 4.74 Å². The van der Waals surface area contributed by atoms with E-state index in [1.807, 2.05) is 33.8 Å². The molecule has 0 amide bonds. The van der Waals surface area contributed by atoms with Gasteiger partial charge in [-0.25, -0.2) is 0 Å². The molecule has 1 aromatic rings. The van der Waals surface area contributed by atoms with Crippen LogP contribution < -0.4 is 4.74 Å². The van der Waals surface area contributed by atoms with Gasteiger partial charge in [0.1, 0.15) is 5.75 Å². The molecule has 0 bridgehead atoms. The van der Waals surface area contributed by atoms with Crippen LogP contribution in [0.3, 0.4) is 0 Å². The van der Waals surface area contributed by atoms with Crippen LogP contribution in [-0.2, 0) is 5.41 Å². The number of aryl methyl sites for hydroxylation is 1. The number of aliphatic hydroxyl groups is 1. The van der Waals surface area contributed by atoms with Gasteiger partial charge in [0.05, 0.1) is 13.7 Å². The highest BCUT2D eigenvalue weighted by Crippen LogP contribution is 2.33. The number of ether oxygens (including phenoxy) is 1. The second-order valence-corrected chi connectivity index (χ2v) is 4.63. The summed E-state index contributed by atoms with van der Waals surface area (Å²) in [6.45, 7) is 8.27. The SMILES string of the molecule is COc1c(C)ccc(C(C)(C)CO)c1C. The van der Waals surface area contributed by atoms with E-state index in [1.165, 1.54) is 0 Å². The van der Waals surface area contributed by atoms with Gasteiger partial charge in [-0.2, -0.15) is 0 Å². The van der Waals surface area contributed by atoms with Crippen molar-refractivity contribution in [3.63, 3.8) is 0 Å². The Balaban J connectivity index is 3.34. The zero-order valence-electron chi connectivity index (χ0n) is 10.2. The van der Waals surface area contributed by atoms with Crippen molar-refractivity contribution in [1.82, 2.24) is 0 Å². The molecule has 1 aromatic carbocycles. The zero-order valence-corrected chi connectivity index (χ0v) is 10.2. The van der Waals surface area contributed by atoms with Crippen LogP contribution >= 0.6 is 0 Å². The molecule has 0 unspecified atom stereocenters. The van der Waals surface area contributed by atoms with Crippen LogP contribution in [0, 0.1) is 13.8 Å². The molecule has 84 valence electrons. The summed E-state index contributed by atoms with van der Waals surface area (Å²) in [6.07, 6.45) is 0. The van der Waals surface area contributed by atoms with E-state index in [9.17, 15) is 5.11 Å². The smallest absolute Gasteiger partial charge is 0.124 e. The normalized spacial score (nSPS) is 11.6. The van der Waals surface area contributed by atoms with Crippen LogP contribution in [0.15, 0.2) is 12.1 Å². The summed E-state index contributed by atoms with van der Waals surface area (Å²) in [6, 6.07) is 4.11. The van der Waals surface area contributed by atoms with Crippen LogP contribution in [0.5, 0.6) is 5.75 Å². The van der Waals surface area contributed by atoms with Crippen molar-refractivity contribution in [3.05, 3.63) is 28.8 Å². The van der Waals surface area contributed by atoms with Gasteiger partial charge in [-0.15, -0.1) is 0 Å². The summed E-state index contributed by atoms with van der Waals surface area (Å²) in [4.78, 5) is 0. The Kier molecular flexibility index (Phi) is 3.40. The molecular formula is C13H20O2. The third-order valence-corrected chi connectivity index (χ3v) is 2.93. The maximum Gasteiger partial charge on any atom is 0.124 e. The maximum atomic E-state index is 9.36. The van der Waals surface area contributed by atoms with E-state index in [-0.39, 0.29) is 12.0 Å². The molecule has 0 saturated heterocycles. The first kappa shape index (κ1) is 12.1. The van der Waals surface area contributed by atoms with Crippen molar-refractivity contribution >= 4 is 0 Å².